The second kappa shape index (κ2) is 8.83. The lowest BCUT2D eigenvalue weighted by atomic mass is 9.91. The van der Waals surface area contributed by atoms with Gasteiger partial charge in [-0.25, -0.2) is 9.78 Å². The van der Waals surface area contributed by atoms with Crippen LogP contribution < -0.4 is 0 Å². The minimum atomic E-state index is -1.41. The van der Waals surface area contributed by atoms with Gasteiger partial charge in [0.15, 0.2) is 6.10 Å². The zero-order valence-electron chi connectivity index (χ0n) is 18.8. The average Bonchev–Trinajstić information content (AvgIpc) is 3.41. The normalized spacial score (nSPS) is 12.4. The quantitative estimate of drug-likeness (QED) is 0.279. The first-order valence-corrected chi connectivity index (χ1v) is 12.1. The number of hydrogen-bond donors (Lipinski definition) is 2. The van der Waals surface area contributed by atoms with Crippen molar-refractivity contribution in [3.05, 3.63) is 70.4 Å². The van der Waals surface area contributed by atoms with Crippen molar-refractivity contribution < 1.29 is 14.6 Å². The van der Waals surface area contributed by atoms with Gasteiger partial charge in [0.1, 0.15) is 5.01 Å². The number of H-pyrrole nitrogens is 1. The maximum absolute atomic E-state index is 12.5. The van der Waals surface area contributed by atoms with E-state index in [0.29, 0.717) is 10.6 Å². The molecule has 0 aliphatic rings. The number of aliphatic hydroxyl groups is 1. The number of aryl methyl sites for hydroxylation is 2. The second-order valence-electron chi connectivity index (χ2n) is 8.09. The highest BCUT2D eigenvalue weighted by Gasteiger charge is 2.27. The van der Waals surface area contributed by atoms with Gasteiger partial charge in [-0.3, -0.25) is 5.10 Å². The van der Waals surface area contributed by atoms with Crippen molar-refractivity contribution in [3.63, 3.8) is 0 Å². The van der Waals surface area contributed by atoms with Crippen LogP contribution >= 0.6 is 22.9 Å². The number of thiazole rings is 1. The molecule has 5 rings (SSSR count). The van der Waals surface area contributed by atoms with Crippen LogP contribution in [0.1, 0.15) is 29.8 Å². The summed E-state index contributed by atoms with van der Waals surface area (Å²) in [6.45, 7) is 5.77. The molecule has 172 valence electrons. The Morgan fingerprint density at radius 3 is 2.59 bits per heavy atom. The van der Waals surface area contributed by atoms with Crippen molar-refractivity contribution in [1.82, 2.24) is 15.2 Å². The number of benzene rings is 3. The highest BCUT2D eigenvalue weighted by atomic mass is 35.5. The van der Waals surface area contributed by atoms with Gasteiger partial charge in [0.05, 0.1) is 22.3 Å². The fraction of sp³-hybridized carbons (Fsp3) is 0.192. The SMILES string of the molecule is CCOC(=O)C(O)c1c(C)cc2nc(-c3ccc4n[nH]c(C)c4c3)sc2c1-c1ccc(Cl)cc1. The Labute approximate surface area is 205 Å². The standard InChI is InChI=1S/C26H22ClN3O3S/c1-4-33-26(32)23(31)21-13(2)11-20-24(22(21)15-5-8-17(27)9-6-15)34-25(28-20)16-7-10-19-18(12-16)14(3)29-30-19/h5-12,23,31H,4H2,1-3H3,(H,29,30). The Balaban J connectivity index is 1.76. The molecular formula is C26H22ClN3O3S. The fourth-order valence-electron chi connectivity index (χ4n) is 4.20. The molecule has 0 aliphatic carbocycles. The Morgan fingerprint density at radius 2 is 1.85 bits per heavy atom. The monoisotopic (exact) mass is 491 g/mol. The number of rotatable bonds is 5. The number of aliphatic hydroxyl groups excluding tert-OH is 1. The van der Waals surface area contributed by atoms with E-state index >= 15 is 0 Å². The van der Waals surface area contributed by atoms with E-state index in [4.69, 9.17) is 21.3 Å². The summed E-state index contributed by atoms with van der Waals surface area (Å²) in [4.78, 5) is 17.4. The van der Waals surface area contributed by atoms with E-state index in [1.807, 2.05) is 44.2 Å². The van der Waals surface area contributed by atoms with Gasteiger partial charge >= 0.3 is 5.97 Å². The fourth-order valence-corrected chi connectivity index (χ4v) is 5.45. The van der Waals surface area contributed by atoms with Gasteiger partial charge in [0.2, 0.25) is 0 Å². The molecule has 5 aromatic rings. The number of ether oxygens (including phenoxy) is 1. The third kappa shape index (κ3) is 3.86. The number of nitrogens with one attached hydrogen (secondary N) is 1. The van der Waals surface area contributed by atoms with Crippen molar-refractivity contribution >= 4 is 50.0 Å². The van der Waals surface area contributed by atoms with Gasteiger partial charge in [-0.2, -0.15) is 5.10 Å². The molecule has 0 spiro atoms. The zero-order chi connectivity index (χ0) is 24.0. The highest BCUT2D eigenvalue weighted by Crippen LogP contribution is 2.43. The number of carbonyl (C=O) groups is 1. The van der Waals surface area contributed by atoms with Crippen molar-refractivity contribution in [2.75, 3.05) is 6.61 Å². The average molecular weight is 492 g/mol. The molecule has 0 saturated carbocycles. The third-order valence-corrected chi connectivity index (χ3v) is 7.23. The van der Waals surface area contributed by atoms with Gasteiger partial charge in [0.25, 0.3) is 0 Å². The molecule has 1 unspecified atom stereocenters. The van der Waals surface area contributed by atoms with E-state index in [0.717, 1.165) is 54.1 Å². The summed E-state index contributed by atoms with van der Waals surface area (Å²) in [5.41, 5.74) is 6.55. The largest absolute Gasteiger partial charge is 0.464 e. The number of halogens is 1. The number of aromatic amines is 1. The zero-order valence-corrected chi connectivity index (χ0v) is 20.4. The molecular weight excluding hydrogens is 470 g/mol. The van der Waals surface area contributed by atoms with Crippen molar-refractivity contribution in [3.8, 4) is 21.7 Å². The molecule has 1 atom stereocenters. The molecule has 0 saturated heterocycles. The van der Waals surface area contributed by atoms with E-state index in [-0.39, 0.29) is 6.61 Å². The van der Waals surface area contributed by atoms with Crippen LogP contribution in [0.15, 0.2) is 48.5 Å². The number of fused-ring (bicyclic) bond motifs is 2. The van der Waals surface area contributed by atoms with Gasteiger partial charge in [-0.05, 0) is 68.3 Å². The molecule has 34 heavy (non-hydrogen) atoms. The van der Waals surface area contributed by atoms with Crippen LogP contribution in [-0.2, 0) is 9.53 Å². The number of aromatic nitrogens is 3. The molecule has 0 bridgehead atoms. The van der Waals surface area contributed by atoms with Crippen LogP contribution in [0.3, 0.4) is 0 Å². The smallest absolute Gasteiger partial charge is 0.339 e. The topological polar surface area (TPSA) is 88.1 Å². The molecule has 2 heterocycles. The van der Waals surface area contributed by atoms with E-state index in [1.165, 1.54) is 11.3 Å². The first kappa shape index (κ1) is 22.5. The van der Waals surface area contributed by atoms with Gasteiger partial charge in [-0.1, -0.05) is 23.7 Å². The molecule has 3 aromatic carbocycles. The first-order chi connectivity index (χ1) is 16.4. The highest BCUT2D eigenvalue weighted by molar-refractivity contribution is 7.22. The minimum Gasteiger partial charge on any atom is -0.464 e. The Morgan fingerprint density at radius 1 is 1.12 bits per heavy atom. The van der Waals surface area contributed by atoms with Crippen LogP contribution in [0.2, 0.25) is 5.02 Å². The maximum atomic E-state index is 12.5. The number of esters is 1. The summed E-state index contributed by atoms with van der Waals surface area (Å²) < 4.78 is 6.00. The molecule has 8 heteroatoms. The molecule has 2 N–H and O–H groups in total. The third-order valence-electron chi connectivity index (χ3n) is 5.84. The Kier molecular flexibility index (Phi) is 5.85. The Bertz CT molecular complexity index is 1540. The molecule has 0 amide bonds. The molecule has 6 nitrogen and oxygen atoms in total. The lowest BCUT2D eigenvalue weighted by Crippen LogP contribution is -2.17. The van der Waals surface area contributed by atoms with Crippen LogP contribution in [0.25, 0.3) is 42.8 Å². The molecule has 0 fully saturated rings. The van der Waals surface area contributed by atoms with E-state index in [1.54, 1.807) is 19.1 Å². The predicted octanol–water partition coefficient (Wildman–Crippen LogP) is 6.37. The summed E-state index contributed by atoms with van der Waals surface area (Å²) >= 11 is 7.66. The number of carbonyl (C=O) groups excluding carboxylic acids is 1. The van der Waals surface area contributed by atoms with E-state index in [2.05, 4.69) is 16.3 Å². The van der Waals surface area contributed by atoms with Gasteiger partial charge < -0.3 is 9.84 Å². The number of nitrogens with zero attached hydrogens (tertiary/aromatic N) is 2. The van der Waals surface area contributed by atoms with Crippen LogP contribution in [0.5, 0.6) is 0 Å². The summed E-state index contributed by atoms with van der Waals surface area (Å²) in [6.07, 6.45) is -1.41. The van der Waals surface area contributed by atoms with Crippen molar-refractivity contribution in [2.24, 2.45) is 0 Å². The van der Waals surface area contributed by atoms with Gasteiger partial charge in [-0.15, -0.1) is 11.3 Å². The molecule has 0 radical (unpaired) electrons. The summed E-state index contributed by atoms with van der Waals surface area (Å²) in [6, 6.07) is 15.3. The molecule has 2 aromatic heterocycles. The van der Waals surface area contributed by atoms with Crippen LogP contribution in [0.4, 0.5) is 0 Å². The second-order valence-corrected chi connectivity index (χ2v) is 9.53. The van der Waals surface area contributed by atoms with E-state index < -0.39 is 12.1 Å². The molecule has 0 aliphatic heterocycles. The predicted molar refractivity (Wildman–Crippen MR) is 136 cm³/mol. The van der Waals surface area contributed by atoms with Crippen LogP contribution in [-0.4, -0.2) is 32.9 Å². The lowest BCUT2D eigenvalue weighted by Gasteiger charge is -2.18. The van der Waals surface area contributed by atoms with Crippen molar-refractivity contribution in [2.45, 2.75) is 26.9 Å². The Hall–Kier alpha value is -3.26. The summed E-state index contributed by atoms with van der Waals surface area (Å²) in [5, 5.41) is 20.8. The minimum absolute atomic E-state index is 0.189. The van der Waals surface area contributed by atoms with Crippen LogP contribution in [0, 0.1) is 13.8 Å². The summed E-state index contributed by atoms with van der Waals surface area (Å²) in [5.74, 6) is -0.675. The van der Waals surface area contributed by atoms with E-state index in [9.17, 15) is 9.90 Å². The van der Waals surface area contributed by atoms with Crippen molar-refractivity contribution in [1.29, 1.82) is 0 Å². The lowest BCUT2D eigenvalue weighted by molar-refractivity contribution is -0.153. The summed E-state index contributed by atoms with van der Waals surface area (Å²) in [7, 11) is 0. The maximum Gasteiger partial charge on any atom is 0.339 e. The van der Waals surface area contributed by atoms with Gasteiger partial charge in [0, 0.05) is 32.8 Å². The first-order valence-electron chi connectivity index (χ1n) is 10.9. The number of hydrogen-bond acceptors (Lipinski definition) is 6.